The molecule has 3 rings (SSSR count). The number of hydrogen-bond acceptors (Lipinski definition) is 3. The summed E-state index contributed by atoms with van der Waals surface area (Å²) in [6.45, 7) is 2.33. The lowest BCUT2D eigenvalue weighted by molar-refractivity contribution is -0.119. The minimum atomic E-state index is -0.337. The molecule has 6 heteroatoms. The van der Waals surface area contributed by atoms with Crippen LogP contribution in [0.1, 0.15) is 24.0 Å². The van der Waals surface area contributed by atoms with Crippen LogP contribution in [0.4, 0.5) is 10.5 Å². The number of anilines is 1. The van der Waals surface area contributed by atoms with Crippen LogP contribution in [0.15, 0.2) is 12.1 Å². The Kier molecular flexibility index (Phi) is 2.91. The van der Waals surface area contributed by atoms with Gasteiger partial charge < -0.3 is 4.90 Å². The molecule has 0 N–H and O–H groups in total. The van der Waals surface area contributed by atoms with E-state index < -0.39 is 0 Å². The maximum absolute atomic E-state index is 12.4. The lowest BCUT2D eigenvalue weighted by atomic mass is 10.1. The van der Waals surface area contributed by atoms with E-state index in [-0.39, 0.29) is 23.0 Å². The second kappa shape index (κ2) is 4.50. The minimum Gasteiger partial charge on any atom is -0.312 e. The molecular weight excluding hydrogens is 278 g/mol. The quantitative estimate of drug-likeness (QED) is 0.746. The number of rotatable bonds is 1. The summed E-state index contributed by atoms with van der Waals surface area (Å²) >= 11 is 6.11. The number of halogens is 1. The molecule has 2 heterocycles. The van der Waals surface area contributed by atoms with Gasteiger partial charge >= 0.3 is 6.03 Å². The average molecular weight is 290 g/mol. The summed E-state index contributed by atoms with van der Waals surface area (Å²) in [4.78, 5) is 27.5. The van der Waals surface area contributed by atoms with E-state index in [1.165, 1.54) is 11.0 Å². The summed E-state index contributed by atoms with van der Waals surface area (Å²) in [6, 6.07) is 4.50. The smallest absolute Gasteiger partial charge is 0.312 e. The SMILES string of the molecule is Cc1c(N2C(=O)[C@@H]3CCCN3C2=O)ccc(C#N)c1Cl. The van der Waals surface area contributed by atoms with Crippen molar-refractivity contribution >= 4 is 29.2 Å². The Morgan fingerprint density at radius 2 is 2.15 bits per heavy atom. The van der Waals surface area contributed by atoms with Crippen LogP contribution in [0.25, 0.3) is 0 Å². The largest absolute Gasteiger partial charge is 0.332 e. The first-order valence-corrected chi connectivity index (χ1v) is 6.78. The molecule has 0 unspecified atom stereocenters. The van der Waals surface area contributed by atoms with Gasteiger partial charge in [-0.2, -0.15) is 5.26 Å². The van der Waals surface area contributed by atoms with Crippen molar-refractivity contribution in [1.82, 2.24) is 4.90 Å². The zero-order valence-corrected chi connectivity index (χ0v) is 11.6. The third kappa shape index (κ3) is 1.61. The molecule has 20 heavy (non-hydrogen) atoms. The van der Waals surface area contributed by atoms with Gasteiger partial charge in [-0.3, -0.25) is 4.79 Å². The number of carbonyl (C=O) groups excluding carboxylic acids is 2. The highest BCUT2D eigenvalue weighted by atomic mass is 35.5. The van der Waals surface area contributed by atoms with Gasteiger partial charge in [-0.25, -0.2) is 9.69 Å². The fourth-order valence-corrected chi connectivity index (χ4v) is 3.05. The summed E-state index contributed by atoms with van der Waals surface area (Å²) < 4.78 is 0. The summed E-state index contributed by atoms with van der Waals surface area (Å²) in [5.74, 6) is -0.198. The van der Waals surface area contributed by atoms with Crippen LogP contribution in [0.5, 0.6) is 0 Å². The van der Waals surface area contributed by atoms with Crippen LogP contribution in [0.2, 0.25) is 5.02 Å². The van der Waals surface area contributed by atoms with Gasteiger partial charge in [0.2, 0.25) is 0 Å². The van der Waals surface area contributed by atoms with Gasteiger partial charge in [-0.05, 0) is 37.5 Å². The number of nitriles is 1. The predicted octanol–water partition coefficient (Wildman–Crippen LogP) is 2.45. The molecule has 0 aromatic heterocycles. The van der Waals surface area contributed by atoms with Crippen LogP contribution in [-0.2, 0) is 4.79 Å². The molecule has 1 aromatic rings. The van der Waals surface area contributed by atoms with Gasteiger partial charge in [-0.15, -0.1) is 0 Å². The molecule has 0 radical (unpaired) electrons. The summed E-state index contributed by atoms with van der Waals surface area (Å²) in [6.07, 6.45) is 1.58. The normalized spacial score (nSPS) is 21.4. The Hall–Kier alpha value is -2.06. The summed E-state index contributed by atoms with van der Waals surface area (Å²) in [5.41, 5.74) is 1.39. The van der Waals surface area contributed by atoms with E-state index in [9.17, 15) is 9.59 Å². The predicted molar refractivity (Wildman–Crippen MR) is 73.5 cm³/mol. The maximum Gasteiger partial charge on any atom is 0.332 e. The number of carbonyl (C=O) groups is 2. The number of urea groups is 1. The Morgan fingerprint density at radius 3 is 2.80 bits per heavy atom. The van der Waals surface area contributed by atoms with Crippen molar-refractivity contribution in [3.63, 3.8) is 0 Å². The van der Waals surface area contributed by atoms with Gasteiger partial charge in [0, 0.05) is 6.54 Å². The number of nitrogens with zero attached hydrogens (tertiary/aromatic N) is 3. The Labute approximate surface area is 121 Å². The Bertz CT molecular complexity index is 643. The van der Waals surface area contributed by atoms with Gasteiger partial charge in [0.1, 0.15) is 12.1 Å². The van der Waals surface area contributed by atoms with E-state index >= 15 is 0 Å². The van der Waals surface area contributed by atoms with Crippen LogP contribution in [-0.4, -0.2) is 29.4 Å². The Morgan fingerprint density at radius 1 is 1.40 bits per heavy atom. The second-order valence-corrected chi connectivity index (χ2v) is 5.37. The monoisotopic (exact) mass is 289 g/mol. The van der Waals surface area contributed by atoms with Crippen molar-refractivity contribution in [1.29, 1.82) is 5.26 Å². The zero-order valence-electron chi connectivity index (χ0n) is 10.9. The molecule has 2 saturated heterocycles. The van der Waals surface area contributed by atoms with E-state index in [2.05, 4.69) is 0 Å². The number of hydrogen-bond donors (Lipinski definition) is 0. The molecule has 1 aromatic carbocycles. The topological polar surface area (TPSA) is 64.4 Å². The zero-order chi connectivity index (χ0) is 14.4. The van der Waals surface area contributed by atoms with Crippen molar-refractivity contribution in [3.8, 4) is 6.07 Å². The second-order valence-electron chi connectivity index (χ2n) is 4.99. The molecule has 2 fully saturated rings. The number of amides is 3. The minimum absolute atomic E-state index is 0.198. The fraction of sp³-hybridized carbons (Fsp3) is 0.357. The van der Waals surface area contributed by atoms with Gasteiger partial charge in [-0.1, -0.05) is 11.6 Å². The van der Waals surface area contributed by atoms with Crippen LogP contribution < -0.4 is 4.90 Å². The molecule has 0 saturated carbocycles. The third-order valence-electron chi connectivity index (χ3n) is 3.91. The fourth-order valence-electron chi connectivity index (χ4n) is 2.85. The molecule has 5 nitrogen and oxygen atoms in total. The van der Waals surface area contributed by atoms with Crippen molar-refractivity contribution in [2.24, 2.45) is 0 Å². The standard InChI is InChI=1S/C14H12ClN3O2/c1-8-10(5-4-9(7-16)12(8)15)18-13(19)11-3-2-6-17(11)14(18)20/h4-5,11H,2-3,6H2,1H3/t11-/m0/s1. The van der Waals surface area contributed by atoms with E-state index in [1.54, 1.807) is 17.9 Å². The molecule has 0 aliphatic carbocycles. The highest BCUT2D eigenvalue weighted by Gasteiger charge is 2.48. The van der Waals surface area contributed by atoms with Gasteiger partial charge in [0.25, 0.3) is 5.91 Å². The van der Waals surface area contributed by atoms with Crippen molar-refractivity contribution in [2.75, 3.05) is 11.4 Å². The lowest BCUT2D eigenvalue weighted by Crippen LogP contribution is -2.33. The lowest BCUT2D eigenvalue weighted by Gasteiger charge is -2.18. The van der Waals surface area contributed by atoms with E-state index in [0.717, 1.165) is 6.42 Å². The highest BCUT2D eigenvalue weighted by Crippen LogP contribution is 2.36. The molecule has 0 spiro atoms. The Balaban J connectivity index is 2.07. The van der Waals surface area contributed by atoms with Gasteiger partial charge in [0.05, 0.1) is 16.3 Å². The summed E-state index contributed by atoms with van der Waals surface area (Å²) in [7, 11) is 0. The van der Waals surface area contributed by atoms with Crippen molar-refractivity contribution in [2.45, 2.75) is 25.8 Å². The maximum atomic E-state index is 12.4. The highest BCUT2D eigenvalue weighted by molar-refractivity contribution is 6.33. The number of imide groups is 1. The average Bonchev–Trinajstić information content (AvgIpc) is 3.00. The molecule has 102 valence electrons. The van der Waals surface area contributed by atoms with Crippen LogP contribution in [0, 0.1) is 18.3 Å². The molecule has 0 bridgehead atoms. The first-order valence-electron chi connectivity index (χ1n) is 6.40. The number of benzene rings is 1. The van der Waals surface area contributed by atoms with E-state index in [0.29, 0.717) is 29.8 Å². The first-order chi connectivity index (χ1) is 9.56. The molecule has 2 aliphatic heterocycles. The van der Waals surface area contributed by atoms with E-state index in [4.69, 9.17) is 16.9 Å². The summed E-state index contributed by atoms with van der Waals surface area (Å²) in [5, 5.41) is 9.23. The van der Waals surface area contributed by atoms with Crippen LogP contribution in [0.3, 0.4) is 0 Å². The van der Waals surface area contributed by atoms with Crippen molar-refractivity contribution < 1.29 is 9.59 Å². The molecule has 3 amide bonds. The molecule has 2 aliphatic rings. The number of fused-ring (bicyclic) bond motifs is 1. The first kappa shape index (κ1) is 12.9. The molecule has 1 atom stereocenters. The van der Waals surface area contributed by atoms with Crippen LogP contribution >= 0.6 is 11.6 Å². The van der Waals surface area contributed by atoms with E-state index in [1.807, 2.05) is 6.07 Å². The van der Waals surface area contributed by atoms with Gasteiger partial charge in [0.15, 0.2) is 0 Å². The molecular formula is C14H12ClN3O2. The van der Waals surface area contributed by atoms with Crippen molar-refractivity contribution in [3.05, 3.63) is 28.3 Å². The third-order valence-corrected chi connectivity index (χ3v) is 4.40.